The summed E-state index contributed by atoms with van der Waals surface area (Å²) >= 11 is 0. The third-order valence-corrected chi connectivity index (χ3v) is 3.12. The molecule has 0 aliphatic heterocycles. The fourth-order valence-electron chi connectivity index (χ4n) is 2.14. The average molecular weight is 256 g/mol. The molecule has 0 aliphatic carbocycles. The van der Waals surface area contributed by atoms with E-state index in [9.17, 15) is 9.90 Å². The third-order valence-electron chi connectivity index (χ3n) is 3.12. The minimum Gasteiger partial charge on any atom is -0.372 e. The zero-order valence-corrected chi connectivity index (χ0v) is 10.8. The first-order valence-electron chi connectivity index (χ1n) is 6.01. The van der Waals surface area contributed by atoms with E-state index < -0.39 is 5.60 Å². The number of carbonyl (C=O) groups excluding carboxylic acids is 1. The molecule has 1 aromatic heterocycles. The predicted molar refractivity (Wildman–Crippen MR) is 72.5 cm³/mol. The van der Waals surface area contributed by atoms with Crippen molar-refractivity contribution in [2.24, 2.45) is 7.05 Å². The van der Waals surface area contributed by atoms with Crippen LogP contribution in [0.5, 0.6) is 0 Å². The van der Waals surface area contributed by atoms with E-state index in [1.54, 1.807) is 43.6 Å². The highest BCUT2D eigenvalue weighted by Crippen LogP contribution is 2.31. The highest BCUT2D eigenvalue weighted by atomic mass is 16.3. The van der Waals surface area contributed by atoms with Gasteiger partial charge in [-0.2, -0.15) is 5.10 Å². The summed E-state index contributed by atoms with van der Waals surface area (Å²) in [6.45, 7) is 3.56. The summed E-state index contributed by atoms with van der Waals surface area (Å²) in [5, 5.41) is 15.0. The summed E-state index contributed by atoms with van der Waals surface area (Å²) < 4.78 is 1.51. The van der Waals surface area contributed by atoms with Gasteiger partial charge in [-0.1, -0.05) is 36.4 Å². The summed E-state index contributed by atoms with van der Waals surface area (Å²) in [6.07, 6.45) is 3.15. The standard InChI is InChI=1S/C15H16N2O2/c1-3-7-14(18)15(19,12-8-5-4-6-9-12)13-10-11-16-17(13)2/h3-6,8-11,19H,1,7H2,2H3. The van der Waals surface area contributed by atoms with Gasteiger partial charge in [-0.05, 0) is 11.6 Å². The minimum atomic E-state index is -1.69. The fraction of sp³-hybridized carbons (Fsp3) is 0.200. The molecule has 4 heteroatoms. The van der Waals surface area contributed by atoms with E-state index >= 15 is 0 Å². The first kappa shape index (κ1) is 13.2. The highest BCUT2D eigenvalue weighted by Gasteiger charge is 2.40. The molecule has 0 amide bonds. The maximum Gasteiger partial charge on any atom is 0.190 e. The second kappa shape index (κ2) is 5.20. The Morgan fingerprint density at radius 2 is 2.11 bits per heavy atom. The van der Waals surface area contributed by atoms with Gasteiger partial charge in [0.2, 0.25) is 0 Å². The zero-order chi connectivity index (χ0) is 13.9. The second-order valence-corrected chi connectivity index (χ2v) is 4.33. The Morgan fingerprint density at radius 1 is 1.42 bits per heavy atom. The molecular weight excluding hydrogens is 240 g/mol. The summed E-state index contributed by atoms with van der Waals surface area (Å²) in [5.74, 6) is -0.322. The van der Waals surface area contributed by atoms with Crippen LogP contribution in [0.25, 0.3) is 0 Å². The van der Waals surface area contributed by atoms with E-state index in [2.05, 4.69) is 11.7 Å². The van der Waals surface area contributed by atoms with Crippen molar-refractivity contribution in [3.05, 3.63) is 66.5 Å². The molecule has 1 N–H and O–H groups in total. The molecule has 1 aromatic carbocycles. The van der Waals surface area contributed by atoms with Gasteiger partial charge in [0.15, 0.2) is 11.4 Å². The van der Waals surface area contributed by atoms with Crippen LogP contribution >= 0.6 is 0 Å². The third kappa shape index (κ3) is 2.22. The Morgan fingerprint density at radius 3 is 2.63 bits per heavy atom. The molecule has 1 unspecified atom stereocenters. The molecule has 0 saturated heterocycles. The van der Waals surface area contributed by atoms with Crippen LogP contribution in [0.15, 0.2) is 55.3 Å². The van der Waals surface area contributed by atoms with Crippen LogP contribution in [0, 0.1) is 0 Å². The van der Waals surface area contributed by atoms with Crippen molar-refractivity contribution in [3.8, 4) is 0 Å². The monoisotopic (exact) mass is 256 g/mol. The van der Waals surface area contributed by atoms with Crippen molar-refractivity contribution in [1.29, 1.82) is 0 Å². The van der Waals surface area contributed by atoms with Crippen LogP contribution in [0.1, 0.15) is 17.7 Å². The van der Waals surface area contributed by atoms with Gasteiger partial charge in [0, 0.05) is 19.7 Å². The first-order chi connectivity index (χ1) is 9.10. The molecule has 98 valence electrons. The van der Waals surface area contributed by atoms with Crippen molar-refractivity contribution in [1.82, 2.24) is 9.78 Å². The summed E-state index contributed by atoms with van der Waals surface area (Å²) in [4.78, 5) is 12.4. The minimum absolute atomic E-state index is 0.0938. The van der Waals surface area contributed by atoms with Gasteiger partial charge in [-0.3, -0.25) is 9.48 Å². The number of benzene rings is 1. The number of Topliss-reactive ketones (excluding diaryl/α,β-unsaturated/α-hetero) is 1. The van der Waals surface area contributed by atoms with Crippen LogP contribution in [0.2, 0.25) is 0 Å². The Balaban J connectivity index is 2.60. The number of aliphatic hydroxyl groups is 1. The smallest absolute Gasteiger partial charge is 0.190 e. The number of aromatic nitrogens is 2. The van der Waals surface area contributed by atoms with Crippen molar-refractivity contribution in [2.45, 2.75) is 12.0 Å². The second-order valence-electron chi connectivity index (χ2n) is 4.33. The number of hydrogen-bond donors (Lipinski definition) is 1. The highest BCUT2D eigenvalue weighted by molar-refractivity contribution is 5.92. The molecule has 0 aliphatic rings. The summed E-state index contributed by atoms with van der Waals surface area (Å²) in [5.41, 5.74) is -0.711. The van der Waals surface area contributed by atoms with Gasteiger partial charge >= 0.3 is 0 Å². The molecular formula is C15H16N2O2. The molecule has 0 radical (unpaired) electrons. The fourth-order valence-corrected chi connectivity index (χ4v) is 2.14. The van der Waals surface area contributed by atoms with E-state index in [4.69, 9.17) is 0 Å². The van der Waals surface area contributed by atoms with Crippen LogP contribution in [-0.4, -0.2) is 20.7 Å². The quantitative estimate of drug-likeness (QED) is 0.830. The van der Waals surface area contributed by atoms with Gasteiger partial charge in [-0.15, -0.1) is 6.58 Å². The Kier molecular flexibility index (Phi) is 3.62. The van der Waals surface area contributed by atoms with E-state index in [0.717, 1.165) is 0 Å². The molecule has 1 atom stereocenters. The lowest BCUT2D eigenvalue weighted by Crippen LogP contribution is -2.38. The number of hydrogen-bond acceptors (Lipinski definition) is 3. The lowest BCUT2D eigenvalue weighted by atomic mass is 9.85. The van der Waals surface area contributed by atoms with Gasteiger partial charge < -0.3 is 5.11 Å². The number of aryl methyl sites for hydroxylation is 1. The molecule has 0 saturated carbocycles. The van der Waals surface area contributed by atoms with E-state index in [1.807, 2.05) is 6.07 Å². The average Bonchev–Trinajstić information content (AvgIpc) is 2.86. The van der Waals surface area contributed by atoms with Crippen molar-refractivity contribution >= 4 is 5.78 Å². The molecule has 4 nitrogen and oxygen atoms in total. The van der Waals surface area contributed by atoms with E-state index in [0.29, 0.717) is 11.3 Å². The summed E-state index contributed by atoms with van der Waals surface area (Å²) in [7, 11) is 1.70. The molecule has 0 bridgehead atoms. The lowest BCUT2D eigenvalue weighted by Gasteiger charge is -2.27. The largest absolute Gasteiger partial charge is 0.372 e. The van der Waals surface area contributed by atoms with Gasteiger partial charge in [0.25, 0.3) is 0 Å². The van der Waals surface area contributed by atoms with E-state index in [1.165, 1.54) is 10.8 Å². The topological polar surface area (TPSA) is 55.1 Å². The SMILES string of the molecule is C=CCC(=O)C(O)(c1ccccc1)c1ccnn1C. The van der Waals surface area contributed by atoms with Gasteiger partial charge in [0.1, 0.15) is 0 Å². The molecule has 0 spiro atoms. The first-order valence-corrected chi connectivity index (χ1v) is 6.01. The Bertz CT molecular complexity index is 589. The van der Waals surface area contributed by atoms with Gasteiger partial charge in [0.05, 0.1) is 5.69 Å². The van der Waals surface area contributed by atoms with Crippen LogP contribution in [0.3, 0.4) is 0 Å². The zero-order valence-electron chi connectivity index (χ0n) is 10.8. The van der Waals surface area contributed by atoms with Crippen molar-refractivity contribution < 1.29 is 9.90 Å². The van der Waals surface area contributed by atoms with Crippen LogP contribution in [0.4, 0.5) is 0 Å². The normalized spacial score (nSPS) is 13.8. The van der Waals surface area contributed by atoms with Crippen molar-refractivity contribution in [3.63, 3.8) is 0 Å². The number of allylic oxidation sites excluding steroid dienone is 1. The van der Waals surface area contributed by atoms with Gasteiger partial charge in [-0.25, -0.2) is 0 Å². The lowest BCUT2D eigenvalue weighted by molar-refractivity contribution is -0.134. The maximum absolute atomic E-state index is 12.4. The summed E-state index contributed by atoms with van der Waals surface area (Å²) in [6, 6.07) is 10.5. The van der Waals surface area contributed by atoms with E-state index in [-0.39, 0.29) is 12.2 Å². The predicted octanol–water partition coefficient (Wildman–Crippen LogP) is 1.80. The maximum atomic E-state index is 12.4. The number of carbonyl (C=O) groups is 1. The van der Waals surface area contributed by atoms with Crippen molar-refractivity contribution in [2.75, 3.05) is 0 Å². The molecule has 2 rings (SSSR count). The Hall–Kier alpha value is -2.20. The molecule has 2 aromatic rings. The Labute approximate surface area is 112 Å². The number of nitrogens with zero attached hydrogens (tertiary/aromatic N) is 2. The number of rotatable bonds is 5. The molecule has 1 heterocycles. The molecule has 0 fully saturated rings. The number of ketones is 1. The van der Waals surface area contributed by atoms with Crippen LogP contribution in [-0.2, 0) is 17.4 Å². The van der Waals surface area contributed by atoms with Crippen LogP contribution < -0.4 is 0 Å². The molecule has 19 heavy (non-hydrogen) atoms.